The van der Waals surface area contributed by atoms with Gasteiger partial charge in [0, 0.05) is 18.7 Å². The van der Waals surface area contributed by atoms with Crippen molar-refractivity contribution in [3.8, 4) is 0 Å². The second-order valence-electron chi connectivity index (χ2n) is 4.48. The number of benzene rings is 1. The Kier molecular flexibility index (Phi) is 4.06. The van der Waals surface area contributed by atoms with Crippen LogP contribution in [0.1, 0.15) is 25.3 Å². The number of hydrogen-bond acceptors (Lipinski definition) is 4. The molecule has 19 heavy (non-hydrogen) atoms. The Hall–Kier alpha value is -1.60. The first-order valence-electron chi connectivity index (χ1n) is 6.10. The van der Waals surface area contributed by atoms with E-state index in [4.69, 9.17) is 5.21 Å². The van der Waals surface area contributed by atoms with E-state index in [2.05, 4.69) is 9.88 Å². The Morgan fingerprint density at radius 3 is 2.68 bits per heavy atom. The van der Waals surface area contributed by atoms with Crippen LogP contribution in [-0.2, 0) is 10.2 Å². The minimum atomic E-state index is -3.48. The van der Waals surface area contributed by atoms with Crippen LogP contribution in [0.15, 0.2) is 29.4 Å². The highest BCUT2D eigenvalue weighted by Gasteiger charge is 2.25. The molecule has 1 aromatic rings. The summed E-state index contributed by atoms with van der Waals surface area (Å²) >= 11 is 0. The maximum Gasteiger partial charge on any atom is 0.301 e. The quantitative estimate of drug-likeness (QED) is 0.500. The van der Waals surface area contributed by atoms with E-state index < -0.39 is 10.2 Å². The van der Waals surface area contributed by atoms with E-state index in [9.17, 15) is 8.42 Å². The van der Waals surface area contributed by atoms with E-state index in [-0.39, 0.29) is 0 Å². The van der Waals surface area contributed by atoms with Crippen molar-refractivity contribution in [2.45, 2.75) is 19.8 Å². The van der Waals surface area contributed by atoms with Crippen molar-refractivity contribution in [3.63, 3.8) is 0 Å². The fourth-order valence-electron chi connectivity index (χ4n) is 2.01. The van der Waals surface area contributed by atoms with E-state index >= 15 is 0 Å². The first-order valence-corrected chi connectivity index (χ1v) is 7.54. The summed E-state index contributed by atoms with van der Waals surface area (Å²) in [5.74, 6) is 0. The van der Waals surface area contributed by atoms with Gasteiger partial charge in [-0.15, -0.1) is 0 Å². The number of nitrogens with zero attached hydrogens (tertiary/aromatic N) is 2. The van der Waals surface area contributed by atoms with E-state index in [1.807, 2.05) is 0 Å². The molecule has 1 aliphatic rings. The van der Waals surface area contributed by atoms with Crippen LogP contribution in [-0.4, -0.2) is 36.7 Å². The zero-order valence-corrected chi connectivity index (χ0v) is 11.5. The number of hydrogen-bond donors (Lipinski definition) is 2. The molecule has 1 aliphatic heterocycles. The number of nitrogens with one attached hydrogen (secondary N) is 1. The predicted octanol–water partition coefficient (Wildman–Crippen LogP) is 1.64. The molecule has 0 saturated carbocycles. The average molecular weight is 283 g/mol. The lowest BCUT2D eigenvalue weighted by atomic mass is 10.1. The van der Waals surface area contributed by atoms with Gasteiger partial charge in [0.15, 0.2) is 0 Å². The SMILES string of the molecule is C/C(=N\O)c1cccc(NS(=O)(=O)N2CCCC2)c1. The van der Waals surface area contributed by atoms with Gasteiger partial charge in [-0.3, -0.25) is 4.72 Å². The van der Waals surface area contributed by atoms with Crippen LogP contribution >= 0.6 is 0 Å². The zero-order chi connectivity index (χ0) is 13.9. The topological polar surface area (TPSA) is 82.0 Å². The Morgan fingerprint density at radius 2 is 2.05 bits per heavy atom. The largest absolute Gasteiger partial charge is 0.411 e. The molecule has 1 heterocycles. The van der Waals surface area contributed by atoms with Crippen LogP contribution in [0.25, 0.3) is 0 Å². The smallest absolute Gasteiger partial charge is 0.301 e. The van der Waals surface area contributed by atoms with Gasteiger partial charge in [0.1, 0.15) is 0 Å². The summed E-state index contributed by atoms with van der Waals surface area (Å²) in [5.41, 5.74) is 1.57. The minimum absolute atomic E-state index is 0.433. The second kappa shape index (κ2) is 5.58. The Labute approximate surface area is 112 Å². The maximum absolute atomic E-state index is 12.1. The number of oxime groups is 1. The van der Waals surface area contributed by atoms with Crippen molar-refractivity contribution in [1.29, 1.82) is 0 Å². The Morgan fingerprint density at radius 1 is 1.37 bits per heavy atom. The monoisotopic (exact) mass is 283 g/mol. The molecule has 2 N–H and O–H groups in total. The van der Waals surface area contributed by atoms with Gasteiger partial charge in [0.2, 0.25) is 0 Å². The lowest BCUT2D eigenvalue weighted by molar-refractivity contribution is 0.319. The first-order chi connectivity index (χ1) is 9.03. The molecule has 0 aromatic heterocycles. The van der Waals surface area contributed by atoms with Crippen LogP contribution in [0.4, 0.5) is 5.69 Å². The molecule has 104 valence electrons. The lowest BCUT2D eigenvalue weighted by Gasteiger charge is -2.17. The van der Waals surface area contributed by atoms with Crippen molar-refractivity contribution in [1.82, 2.24) is 4.31 Å². The van der Waals surface area contributed by atoms with E-state index in [0.29, 0.717) is 30.1 Å². The molecular formula is C12H17N3O3S. The van der Waals surface area contributed by atoms with Gasteiger partial charge in [-0.25, -0.2) is 0 Å². The summed E-state index contributed by atoms with van der Waals surface area (Å²) in [6.45, 7) is 2.77. The minimum Gasteiger partial charge on any atom is -0.411 e. The van der Waals surface area contributed by atoms with E-state index in [0.717, 1.165) is 12.8 Å². The van der Waals surface area contributed by atoms with E-state index in [1.165, 1.54) is 4.31 Å². The van der Waals surface area contributed by atoms with Crippen LogP contribution < -0.4 is 4.72 Å². The lowest BCUT2D eigenvalue weighted by Crippen LogP contribution is -2.33. The summed E-state index contributed by atoms with van der Waals surface area (Å²) < 4.78 is 28.2. The fraction of sp³-hybridized carbons (Fsp3) is 0.417. The van der Waals surface area contributed by atoms with Crippen molar-refractivity contribution in [3.05, 3.63) is 29.8 Å². The maximum atomic E-state index is 12.1. The van der Waals surface area contributed by atoms with Gasteiger partial charge >= 0.3 is 10.2 Å². The third-order valence-electron chi connectivity index (χ3n) is 3.08. The van der Waals surface area contributed by atoms with Crippen molar-refractivity contribution >= 4 is 21.6 Å². The molecule has 1 saturated heterocycles. The molecule has 0 bridgehead atoms. The molecule has 0 amide bonds. The Bertz CT molecular complexity index is 578. The van der Waals surface area contributed by atoms with Crippen molar-refractivity contribution in [2.24, 2.45) is 5.16 Å². The molecule has 1 fully saturated rings. The summed E-state index contributed by atoms with van der Waals surface area (Å²) in [7, 11) is -3.48. The molecule has 2 rings (SSSR count). The number of rotatable bonds is 4. The van der Waals surface area contributed by atoms with Crippen molar-refractivity contribution < 1.29 is 13.6 Å². The average Bonchev–Trinajstić information content (AvgIpc) is 2.92. The van der Waals surface area contributed by atoms with Crippen molar-refractivity contribution in [2.75, 3.05) is 17.8 Å². The Balaban J connectivity index is 2.19. The van der Waals surface area contributed by atoms with Crippen LogP contribution in [0.2, 0.25) is 0 Å². The second-order valence-corrected chi connectivity index (χ2v) is 6.15. The fourth-order valence-corrected chi connectivity index (χ4v) is 3.30. The highest BCUT2D eigenvalue weighted by atomic mass is 32.2. The van der Waals surface area contributed by atoms with Gasteiger partial charge in [-0.2, -0.15) is 12.7 Å². The summed E-state index contributed by atoms with van der Waals surface area (Å²) in [5, 5.41) is 11.8. The molecule has 0 aliphatic carbocycles. The highest BCUT2D eigenvalue weighted by molar-refractivity contribution is 7.90. The molecule has 7 heteroatoms. The van der Waals surface area contributed by atoms with Gasteiger partial charge < -0.3 is 5.21 Å². The highest BCUT2D eigenvalue weighted by Crippen LogP contribution is 2.18. The molecule has 0 unspecified atom stereocenters. The van der Waals surface area contributed by atoms with Gasteiger partial charge in [0.05, 0.1) is 11.4 Å². The molecule has 0 atom stereocenters. The summed E-state index contributed by atoms with van der Waals surface area (Å²) in [4.78, 5) is 0. The molecule has 0 radical (unpaired) electrons. The summed E-state index contributed by atoms with van der Waals surface area (Å²) in [6.07, 6.45) is 1.80. The first kappa shape index (κ1) is 13.8. The van der Waals surface area contributed by atoms with Gasteiger partial charge in [-0.1, -0.05) is 17.3 Å². The van der Waals surface area contributed by atoms with E-state index in [1.54, 1.807) is 31.2 Å². The standard InChI is InChI=1S/C12H17N3O3S/c1-10(13-16)11-5-4-6-12(9-11)14-19(17,18)15-7-2-3-8-15/h4-6,9,14,16H,2-3,7-8H2,1H3/b13-10+. The third-order valence-corrected chi connectivity index (χ3v) is 4.62. The van der Waals surface area contributed by atoms with Gasteiger partial charge in [0.25, 0.3) is 0 Å². The molecular weight excluding hydrogens is 266 g/mol. The molecule has 1 aromatic carbocycles. The van der Waals surface area contributed by atoms with Gasteiger partial charge in [-0.05, 0) is 31.9 Å². The summed E-state index contributed by atoms with van der Waals surface area (Å²) in [6, 6.07) is 6.78. The van der Waals surface area contributed by atoms with Crippen LogP contribution in [0, 0.1) is 0 Å². The third kappa shape index (κ3) is 3.24. The van der Waals surface area contributed by atoms with Crippen LogP contribution in [0.3, 0.4) is 0 Å². The normalized spacial score (nSPS) is 17.6. The van der Waals surface area contributed by atoms with Crippen LogP contribution in [0.5, 0.6) is 0 Å². The number of anilines is 1. The zero-order valence-electron chi connectivity index (χ0n) is 10.7. The molecule has 0 spiro atoms. The molecule has 6 nitrogen and oxygen atoms in total. The predicted molar refractivity (Wildman–Crippen MR) is 73.8 cm³/mol.